The van der Waals surface area contributed by atoms with E-state index in [2.05, 4.69) is 15.5 Å². The Morgan fingerprint density at radius 1 is 1.18 bits per heavy atom. The first kappa shape index (κ1) is 19.4. The summed E-state index contributed by atoms with van der Waals surface area (Å²) in [6.07, 6.45) is 0. The van der Waals surface area contributed by atoms with Gasteiger partial charge in [0.2, 0.25) is 0 Å². The number of carbonyl (C=O) groups excluding carboxylic acids is 2. The summed E-state index contributed by atoms with van der Waals surface area (Å²) in [4.78, 5) is 25.7. The molecule has 0 aliphatic heterocycles. The molecule has 0 unspecified atom stereocenters. The summed E-state index contributed by atoms with van der Waals surface area (Å²) in [5, 5.41) is 9.78. The molecular formula is C20H22N4O4. The van der Waals surface area contributed by atoms with E-state index in [-0.39, 0.29) is 17.6 Å². The zero-order chi connectivity index (χ0) is 20.1. The summed E-state index contributed by atoms with van der Waals surface area (Å²) in [5.41, 5.74) is 2.89. The number of hydrogen-bond donors (Lipinski definition) is 2. The van der Waals surface area contributed by atoms with Gasteiger partial charge in [-0.1, -0.05) is 12.1 Å². The van der Waals surface area contributed by atoms with Crippen molar-refractivity contribution in [2.75, 3.05) is 21.2 Å². The predicted octanol–water partition coefficient (Wildman–Crippen LogP) is 2.45. The summed E-state index contributed by atoms with van der Waals surface area (Å²) < 4.78 is 10.6. The third-order valence-electron chi connectivity index (χ3n) is 4.07. The van der Waals surface area contributed by atoms with Crippen molar-refractivity contribution in [3.63, 3.8) is 0 Å². The number of furan rings is 1. The third-order valence-corrected chi connectivity index (χ3v) is 4.07. The van der Waals surface area contributed by atoms with Crippen molar-refractivity contribution < 1.29 is 18.7 Å². The summed E-state index contributed by atoms with van der Waals surface area (Å²) in [5.74, 6) is 0.446. The van der Waals surface area contributed by atoms with Gasteiger partial charge in [-0.05, 0) is 30.3 Å². The van der Waals surface area contributed by atoms with Gasteiger partial charge in [-0.25, -0.2) is 0 Å². The standard InChI is InChI=1S/C20H22N4O4/c1-24(2)20(26)18-9-8-17(28-18)13-4-6-14(7-5-13)19(25)21-11-15-10-16(12-27-3)23-22-15/h4-10H,11-12H2,1-3H3,(H,21,25)(H,22,23). The smallest absolute Gasteiger partial charge is 0.289 e. The van der Waals surface area contributed by atoms with Crippen LogP contribution in [0, 0.1) is 0 Å². The first-order chi connectivity index (χ1) is 13.5. The van der Waals surface area contributed by atoms with E-state index in [1.54, 1.807) is 57.6 Å². The van der Waals surface area contributed by atoms with Crippen molar-refractivity contribution in [2.24, 2.45) is 0 Å². The second-order valence-electron chi connectivity index (χ2n) is 6.44. The van der Waals surface area contributed by atoms with Crippen LogP contribution in [0.2, 0.25) is 0 Å². The highest BCUT2D eigenvalue weighted by atomic mass is 16.5. The molecule has 0 aliphatic carbocycles. The van der Waals surface area contributed by atoms with Crippen molar-refractivity contribution in [2.45, 2.75) is 13.2 Å². The number of aromatic nitrogens is 2. The fraction of sp³-hybridized carbons (Fsp3) is 0.250. The molecule has 28 heavy (non-hydrogen) atoms. The minimum absolute atomic E-state index is 0.197. The van der Waals surface area contributed by atoms with Crippen LogP contribution in [0.15, 0.2) is 46.9 Å². The Morgan fingerprint density at radius 2 is 1.93 bits per heavy atom. The Hall–Kier alpha value is -3.39. The second-order valence-corrected chi connectivity index (χ2v) is 6.44. The largest absolute Gasteiger partial charge is 0.451 e. The van der Waals surface area contributed by atoms with E-state index in [9.17, 15) is 9.59 Å². The maximum atomic E-state index is 12.3. The van der Waals surface area contributed by atoms with E-state index in [1.807, 2.05) is 6.07 Å². The molecule has 0 saturated heterocycles. The van der Waals surface area contributed by atoms with Gasteiger partial charge < -0.3 is 19.4 Å². The second kappa shape index (κ2) is 8.53. The number of carbonyl (C=O) groups is 2. The molecule has 0 bridgehead atoms. The molecule has 0 radical (unpaired) electrons. The molecule has 2 amide bonds. The molecule has 0 saturated carbocycles. The molecular weight excluding hydrogens is 360 g/mol. The molecule has 2 N–H and O–H groups in total. The number of rotatable bonds is 7. The number of ether oxygens (including phenoxy) is 1. The maximum Gasteiger partial charge on any atom is 0.289 e. The predicted molar refractivity (Wildman–Crippen MR) is 103 cm³/mol. The van der Waals surface area contributed by atoms with Crippen molar-refractivity contribution in [3.05, 3.63) is 65.2 Å². The lowest BCUT2D eigenvalue weighted by molar-refractivity contribution is 0.0797. The first-order valence-electron chi connectivity index (χ1n) is 8.70. The molecule has 1 aromatic carbocycles. The monoisotopic (exact) mass is 382 g/mol. The van der Waals surface area contributed by atoms with Gasteiger partial charge >= 0.3 is 0 Å². The van der Waals surface area contributed by atoms with Crippen LogP contribution in [-0.2, 0) is 17.9 Å². The first-order valence-corrected chi connectivity index (χ1v) is 8.70. The normalized spacial score (nSPS) is 10.7. The number of nitrogens with one attached hydrogen (secondary N) is 2. The van der Waals surface area contributed by atoms with E-state index < -0.39 is 0 Å². The maximum absolute atomic E-state index is 12.3. The van der Waals surface area contributed by atoms with E-state index >= 15 is 0 Å². The van der Waals surface area contributed by atoms with Crippen molar-refractivity contribution >= 4 is 11.8 Å². The lowest BCUT2D eigenvalue weighted by Crippen LogP contribution is -2.22. The number of benzene rings is 1. The summed E-state index contributed by atoms with van der Waals surface area (Å²) in [7, 11) is 4.93. The van der Waals surface area contributed by atoms with Crippen LogP contribution in [0.5, 0.6) is 0 Å². The van der Waals surface area contributed by atoms with Crippen molar-refractivity contribution in [1.82, 2.24) is 20.4 Å². The average Bonchev–Trinajstić information content (AvgIpc) is 3.35. The minimum Gasteiger partial charge on any atom is -0.451 e. The molecule has 146 valence electrons. The number of amides is 2. The van der Waals surface area contributed by atoms with Crippen LogP contribution in [0.1, 0.15) is 32.3 Å². The Labute approximate surface area is 162 Å². The highest BCUT2D eigenvalue weighted by molar-refractivity contribution is 5.94. The minimum atomic E-state index is -0.199. The molecule has 3 aromatic rings. The zero-order valence-electron chi connectivity index (χ0n) is 16.0. The molecule has 0 atom stereocenters. The summed E-state index contributed by atoms with van der Waals surface area (Å²) in [6, 6.07) is 12.2. The highest BCUT2D eigenvalue weighted by Gasteiger charge is 2.14. The third kappa shape index (κ3) is 4.47. The van der Waals surface area contributed by atoms with E-state index in [4.69, 9.17) is 9.15 Å². The van der Waals surface area contributed by atoms with Gasteiger partial charge in [0, 0.05) is 32.3 Å². The molecule has 8 heteroatoms. The van der Waals surface area contributed by atoms with Crippen LogP contribution in [-0.4, -0.2) is 48.1 Å². The van der Waals surface area contributed by atoms with Crippen molar-refractivity contribution in [1.29, 1.82) is 0 Å². The Bertz CT molecular complexity index is 957. The Morgan fingerprint density at radius 3 is 2.61 bits per heavy atom. The number of hydrogen-bond acceptors (Lipinski definition) is 5. The molecule has 8 nitrogen and oxygen atoms in total. The zero-order valence-corrected chi connectivity index (χ0v) is 16.0. The molecule has 0 fully saturated rings. The molecule has 0 spiro atoms. The highest BCUT2D eigenvalue weighted by Crippen LogP contribution is 2.23. The van der Waals surface area contributed by atoms with Crippen LogP contribution >= 0.6 is 0 Å². The number of aromatic amines is 1. The van der Waals surface area contributed by atoms with Crippen LogP contribution < -0.4 is 5.32 Å². The topological polar surface area (TPSA) is 100 Å². The van der Waals surface area contributed by atoms with Gasteiger partial charge in [-0.3, -0.25) is 14.7 Å². The van der Waals surface area contributed by atoms with Gasteiger partial charge in [-0.2, -0.15) is 5.10 Å². The van der Waals surface area contributed by atoms with Gasteiger partial charge in [-0.15, -0.1) is 0 Å². The van der Waals surface area contributed by atoms with Gasteiger partial charge in [0.05, 0.1) is 24.5 Å². The molecule has 3 rings (SSSR count). The van der Waals surface area contributed by atoms with E-state index in [1.165, 1.54) is 4.90 Å². The fourth-order valence-electron chi connectivity index (χ4n) is 2.61. The lowest BCUT2D eigenvalue weighted by Gasteiger charge is -2.07. The van der Waals surface area contributed by atoms with Crippen LogP contribution in [0.3, 0.4) is 0 Å². The quantitative estimate of drug-likeness (QED) is 0.654. The van der Waals surface area contributed by atoms with Gasteiger partial charge in [0.25, 0.3) is 11.8 Å². The molecule has 0 aliphatic rings. The number of methoxy groups -OCH3 is 1. The number of H-pyrrole nitrogens is 1. The van der Waals surface area contributed by atoms with Gasteiger partial charge in [0.15, 0.2) is 5.76 Å². The van der Waals surface area contributed by atoms with E-state index in [0.717, 1.165) is 17.0 Å². The fourth-order valence-corrected chi connectivity index (χ4v) is 2.61. The Kier molecular flexibility index (Phi) is 5.90. The average molecular weight is 382 g/mol. The summed E-state index contributed by atoms with van der Waals surface area (Å²) in [6.45, 7) is 0.756. The van der Waals surface area contributed by atoms with Crippen LogP contribution in [0.4, 0.5) is 0 Å². The Balaban J connectivity index is 1.61. The summed E-state index contributed by atoms with van der Waals surface area (Å²) >= 11 is 0. The number of nitrogens with zero attached hydrogens (tertiary/aromatic N) is 2. The molecule has 2 aromatic heterocycles. The molecule has 2 heterocycles. The van der Waals surface area contributed by atoms with Crippen LogP contribution in [0.25, 0.3) is 11.3 Å². The SMILES string of the molecule is COCc1cc(CNC(=O)c2ccc(-c3ccc(C(=O)N(C)C)o3)cc2)[nH]n1. The van der Waals surface area contributed by atoms with Crippen molar-refractivity contribution in [3.8, 4) is 11.3 Å². The lowest BCUT2D eigenvalue weighted by atomic mass is 10.1. The van der Waals surface area contributed by atoms with Gasteiger partial charge in [0.1, 0.15) is 5.76 Å². The van der Waals surface area contributed by atoms with E-state index in [0.29, 0.717) is 24.5 Å².